The van der Waals surface area contributed by atoms with Crippen LogP contribution in [0.25, 0.3) is 22.3 Å². The standard InChI is InChI=1S/C29H34FN7O3S/c1-6-41(38,39)35-9-10-36-22(15-35)16-40-26-13-21(7-8-24(26)36)33-29-31-14-23(30)28(34-29)20-11-18(4)27-25(12-20)37(17(2)3)19(5)32-27/h7-8,11-14,17,22H,6,9-10,15-16H2,1-5H3,(H,31,33,34). The summed E-state index contributed by atoms with van der Waals surface area (Å²) >= 11 is 0. The molecule has 12 heteroatoms. The van der Waals surface area contributed by atoms with Gasteiger partial charge in [0.2, 0.25) is 16.0 Å². The average Bonchev–Trinajstić information content (AvgIpc) is 3.30. The van der Waals surface area contributed by atoms with Crippen molar-refractivity contribution in [3.8, 4) is 17.0 Å². The molecule has 0 bridgehead atoms. The zero-order valence-corrected chi connectivity index (χ0v) is 24.7. The van der Waals surface area contributed by atoms with Crippen LogP contribution in [-0.4, -0.2) is 70.3 Å². The Hall–Kier alpha value is -3.77. The molecule has 0 spiro atoms. The van der Waals surface area contributed by atoms with E-state index >= 15 is 4.39 Å². The Labute approximate surface area is 239 Å². The first kappa shape index (κ1) is 27.4. The summed E-state index contributed by atoms with van der Waals surface area (Å²) < 4.78 is 49.5. The fourth-order valence-corrected chi connectivity index (χ4v) is 7.00. The molecular weight excluding hydrogens is 545 g/mol. The third kappa shape index (κ3) is 4.88. The number of halogens is 1. The van der Waals surface area contributed by atoms with E-state index < -0.39 is 15.8 Å². The van der Waals surface area contributed by atoms with Crippen molar-refractivity contribution < 1.29 is 17.5 Å². The second-order valence-electron chi connectivity index (χ2n) is 10.9. The molecule has 216 valence electrons. The Kier molecular flexibility index (Phi) is 6.85. The Bertz CT molecular complexity index is 1760. The Balaban J connectivity index is 1.26. The minimum absolute atomic E-state index is 0.0454. The number of hydrogen-bond acceptors (Lipinski definition) is 8. The smallest absolute Gasteiger partial charge is 0.227 e. The van der Waals surface area contributed by atoms with Gasteiger partial charge in [-0.05, 0) is 64.4 Å². The highest BCUT2D eigenvalue weighted by Gasteiger charge is 2.36. The molecule has 4 aromatic rings. The Morgan fingerprint density at radius 1 is 1.15 bits per heavy atom. The minimum atomic E-state index is -3.24. The number of fused-ring (bicyclic) bond motifs is 4. The van der Waals surface area contributed by atoms with E-state index in [9.17, 15) is 8.42 Å². The zero-order chi connectivity index (χ0) is 29.1. The SMILES string of the molecule is CCS(=O)(=O)N1CCN2c3ccc(Nc4ncc(F)c(-c5cc(C)c6nc(C)n(C(C)C)c6c5)n4)cc3OCC2C1. The van der Waals surface area contributed by atoms with Gasteiger partial charge in [-0.2, -0.15) is 4.31 Å². The molecule has 2 aromatic heterocycles. The highest BCUT2D eigenvalue weighted by atomic mass is 32.2. The van der Waals surface area contributed by atoms with Crippen LogP contribution in [-0.2, 0) is 10.0 Å². The summed E-state index contributed by atoms with van der Waals surface area (Å²) in [5.41, 5.74) is 5.28. The van der Waals surface area contributed by atoms with Crippen molar-refractivity contribution in [2.24, 2.45) is 0 Å². The quantitative estimate of drug-likeness (QED) is 0.347. The maximum atomic E-state index is 15.1. The van der Waals surface area contributed by atoms with Crippen molar-refractivity contribution in [1.29, 1.82) is 0 Å². The zero-order valence-electron chi connectivity index (χ0n) is 23.8. The fourth-order valence-electron chi connectivity index (χ4n) is 5.88. The summed E-state index contributed by atoms with van der Waals surface area (Å²) in [5.74, 6) is 1.45. The largest absolute Gasteiger partial charge is 0.489 e. The van der Waals surface area contributed by atoms with Gasteiger partial charge in [-0.1, -0.05) is 0 Å². The van der Waals surface area contributed by atoms with Crippen LogP contribution in [0.4, 0.5) is 21.7 Å². The van der Waals surface area contributed by atoms with E-state index in [1.54, 1.807) is 11.2 Å². The molecule has 0 amide bonds. The second-order valence-corrected chi connectivity index (χ2v) is 13.2. The molecule has 2 aliphatic heterocycles. The summed E-state index contributed by atoms with van der Waals surface area (Å²) in [4.78, 5) is 15.7. The predicted octanol–water partition coefficient (Wildman–Crippen LogP) is 4.81. The lowest BCUT2D eigenvalue weighted by Gasteiger charge is -2.45. The monoisotopic (exact) mass is 579 g/mol. The number of rotatable bonds is 6. The van der Waals surface area contributed by atoms with Crippen LogP contribution in [0.2, 0.25) is 0 Å². The molecule has 1 atom stereocenters. The van der Waals surface area contributed by atoms with Crippen molar-refractivity contribution in [2.75, 3.05) is 42.2 Å². The number of nitrogens with one attached hydrogen (secondary N) is 1. The number of hydrogen-bond donors (Lipinski definition) is 1. The van der Waals surface area contributed by atoms with Crippen LogP contribution in [0.5, 0.6) is 5.75 Å². The van der Waals surface area contributed by atoms with Crippen LogP contribution >= 0.6 is 0 Å². The molecule has 41 heavy (non-hydrogen) atoms. The predicted molar refractivity (Wildman–Crippen MR) is 158 cm³/mol. The summed E-state index contributed by atoms with van der Waals surface area (Å²) in [6.07, 6.45) is 1.18. The third-order valence-corrected chi connectivity index (χ3v) is 9.70. The first-order chi connectivity index (χ1) is 19.6. The number of benzene rings is 2. The van der Waals surface area contributed by atoms with E-state index in [0.29, 0.717) is 43.2 Å². The van der Waals surface area contributed by atoms with E-state index in [2.05, 4.69) is 38.6 Å². The number of aryl methyl sites for hydroxylation is 2. The number of piperazine rings is 1. The summed E-state index contributed by atoms with van der Waals surface area (Å²) in [5, 5.41) is 3.19. The van der Waals surface area contributed by atoms with Crippen molar-refractivity contribution >= 4 is 38.4 Å². The fraction of sp³-hybridized carbons (Fsp3) is 0.414. The van der Waals surface area contributed by atoms with Gasteiger partial charge in [0, 0.05) is 43.0 Å². The van der Waals surface area contributed by atoms with Crippen LogP contribution < -0.4 is 15.0 Å². The molecule has 0 radical (unpaired) electrons. The molecule has 1 fully saturated rings. The number of anilines is 3. The van der Waals surface area contributed by atoms with Gasteiger partial charge in [0.1, 0.15) is 23.9 Å². The molecular formula is C29H34FN7O3S. The van der Waals surface area contributed by atoms with E-state index in [1.165, 1.54) is 6.20 Å². The minimum Gasteiger partial charge on any atom is -0.489 e. The lowest BCUT2D eigenvalue weighted by atomic mass is 10.1. The van der Waals surface area contributed by atoms with Gasteiger partial charge in [-0.15, -0.1) is 0 Å². The maximum absolute atomic E-state index is 15.1. The number of imidazole rings is 1. The number of aromatic nitrogens is 4. The summed E-state index contributed by atoms with van der Waals surface area (Å²) in [6.45, 7) is 11.7. The van der Waals surface area contributed by atoms with Crippen LogP contribution in [0.15, 0.2) is 36.5 Å². The van der Waals surface area contributed by atoms with Crippen LogP contribution in [0.1, 0.15) is 38.2 Å². The van der Waals surface area contributed by atoms with Gasteiger partial charge >= 0.3 is 0 Å². The topological polar surface area (TPSA) is 105 Å². The van der Waals surface area contributed by atoms with E-state index in [1.807, 2.05) is 44.2 Å². The first-order valence-electron chi connectivity index (χ1n) is 13.9. The van der Waals surface area contributed by atoms with E-state index in [-0.39, 0.29) is 29.5 Å². The Morgan fingerprint density at radius 3 is 2.71 bits per heavy atom. The highest BCUT2D eigenvalue weighted by molar-refractivity contribution is 7.89. The number of ether oxygens (including phenoxy) is 1. The third-order valence-electron chi connectivity index (χ3n) is 7.86. The molecule has 10 nitrogen and oxygen atoms in total. The molecule has 4 heterocycles. The van der Waals surface area contributed by atoms with Gasteiger partial charge in [0.05, 0.1) is 34.7 Å². The second kappa shape index (κ2) is 10.3. The van der Waals surface area contributed by atoms with E-state index in [4.69, 9.17) is 9.72 Å². The first-order valence-corrected chi connectivity index (χ1v) is 15.5. The molecule has 1 saturated heterocycles. The lowest BCUT2D eigenvalue weighted by molar-refractivity contribution is 0.216. The van der Waals surface area contributed by atoms with Crippen molar-refractivity contribution in [1.82, 2.24) is 23.8 Å². The highest BCUT2D eigenvalue weighted by Crippen LogP contribution is 2.38. The number of nitrogens with zero attached hydrogens (tertiary/aromatic N) is 6. The van der Waals surface area contributed by atoms with Crippen LogP contribution in [0, 0.1) is 19.7 Å². The van der Waals surface area contributed by atoms with Crippen molar-refractivity contribution in [2.45, 2.75) is 46.7 Å². The summed E-state index contributed by atoms with van der Waals surface area (Å²) in [7, 11) is -3.24. The Morgan fingerprint density at radius 2 is 1.95 bits per heavy atom. The van der Waals surface area contributed by atoms with E-state index in [0.717, 1.165) is 28.1 Å². The van der Waals surface area contributed by atoms with Gasteiger partial charge in [-0.25, -0.2) is 27.8 Å². The van der Waals surface area contributed by atoms with Gasteiger partial charge in [0.25, 0.3) is 0 Å². The molecule has 0 saturated carbocycles. The molecule has 1 N–H and O–H groups in total. The molecule has 0 aliphatic carbocycles. The van der Waals surface area contributed by atoms with Gasteiger partial charge in [0.15, 0.2) is 5.82 Å². The molecule has 2 aromatic carbocycles. The molecule has 6 rings (SSSR count). The van der Waals surface area contributed by atoms with Crippen molar-refractivity contribution in [3.05, 3.63) is 53.7 Å². The molecule has 1 unspecified atom stereocenters. The normalized spacial score (nSPS) is 17.4. The lowest BCUT2D eigenvalue weighted by Crippen LogP contribution is -2.58. The van der Waals surface area contributed by atoms with Crippen LogP contribution in [0.3, 0.4) is 0 Å². The number of sulfonamides is 1. The summed E-state index contributed by atoms with van der Waals surface area (Å²) in [6, 6.07) is 9.72. The maximum Gasteiger partial charge on any atom is 0.227 e. The molecule has 2 aliphatic rings. The average molecular weight is 580 g/mol. The van der Waals surface area contributed by atoms with Crippen molar-refractivity contribution in [3.63, 3.8) is 0 Å². The van der Waals surface area contributed by atoms with Gasteiger partial charge < -0.3 is 19.5 Å². The van der Waals surface area contributed by atoms with Gasteiger partial charge in [-0.3, -0.25) is 0 Å².